The quantitative estimate of drug-likeness (QED) is 0.364. The van der Waals surface area contributed by atoms with Gasteiger partial charge in [-0.3, -0.25) is 4.90 Å². The number of methoxy groups -OCH3 is 1. The van der Waals surface area contributed by atoms with Gasteiger partial charge < -0.3 is 9.47 Å². The van der Waals surface area contributed by atoms with Crippen molar-refractivity contribution in [3.05, 3.63) is 93.8 Å². The summed E-state index contributed by atoms with van der Waals surface area (Å²) >= 11 is 7.83. The zero-order chi connectivity index (χ0) is 22.7. The molecule has 0 aliphatic carbocycles. The highest BCUT2D eigenvalue weighted by atomic mass is 35.5. The number of benzene rings is 2. The summed E-state index contributed by atoms with van der Waals surface area (Å²) < 4.78 is 10.7. The lowest BCUT2D eigenvalue weighted by Gasteiger charge is -2.33. The molecular formula is C25H22ClNO4S. The Morgan fingerprint density at radius 3 is 2.56 bits per heavy atom. The minimum absolute atomic E-state index is 0.308. The predicted molar refractivity (Wildman–Crippen MR) is 126 cm³/mol. The summed E-state index contributed by atoms with van der Waals surface area (Å²) in [5.74, 6) is -0.835. The van der Waals surface area contributed by atoms with Crippen LogP contribution in [-0.2, 0) is 27.3 Å². The molecule has 0 bridgehead atoms. The van der Waals surface area contributed by atoms with Crippen LogP contribution < -0.4 is 4.74 Å². The van der Waals surface area contributed by atoms with E-state index in [1.165, 1.54) is 18.4 Å². The first-order valence-electron chi connectivity index (χ1n) is 10.1. The van der Waals surface area contributed by atoms with Crippen molar-refractivity contribution in [2.24, 2.45) is 0 Å². The highest BCUT2D eigenvalue weighted by Crippen LogP contribution is 2.38. The summed E-state index contributed by atoms with van der Waals surface area (Å²) in [6.45, 7) is 5.04. The molecular weight excluding hydrogens is 446 g/mol. The third-order valence-corrected chi connectivity index (χ3v) is 6.88. The maximum atomic E-state index is 12.6. The Morgan fingerprint density at radius 2 is 1.84 bits per heavy atom. The molecule has 32 heavy (non-hydrogen) atoms. The average Bonchev–Trinajstić information content (AvgIpc) is 3.22. The monoisotopic (exact) mass is 467 g/mol. The summed E-state index contributed by atoms with van der Waals surface area (Å²) in [6.07, 6.45) is 0.731. The fourth-order valence-electron chi connectivity index (χ4n) is 3.79. The van der Waals surface area contributed by atoms with Crippen LogP contribution in [0.5, 0.6) is 5.06 Å². The zero-order valence-electron chi connectivity index (χ0n) is 17.5. The van der Waals surface area contributed by atoms with Gasteiger partial charge in [0.2, 0.25) is 0 Å². The lowest BCUT2D eigenvalue weighted by atomic mass is 10.0. The first kappa shape index (κ1) is 22.3. The van der Waals surface area contributed by atoms with Gasteiger partial charge in [0.05, 0.1) is 12.7 Å². The molecule has 164 valence electrons. The van der Waals surface area contributed by atoms with E-state index in [0.29, 0.717) is 34.3 Å². The number of halogens is 1. The second kappa shape index (κ2) is 9.69. The normalized spacial score (nSPS) is 14.3. The second-order valence-electron chi connectivity index (χ2n) is 7.42. The highest BCUT2D eigenvalue weighted by Gasteiger charge is 2.33. The van der Waals surface area contributed by atoms with Crippen molar-refractivity contribution in [3.63, 3.8) is 0 Å². The molecule has 3 aromatic rings. The van der Waals surface area contributed by atoms with E-state index in [9.17, 15) is 9.59 Å². The van der Waals surface area contributed by atoms with E-state index in [1.54, 1.807) is 6.07 Å². The molecule has 2 heterocycles. The third-order valence-electron chi connectivity index (χ3n) is 5.42. The number of rotatable bonds is 6. The molecule has 0 N–H and O–H groups in total. The molecule has 1 aliphatic heterocycles. The van der Waals surface area contributed by atoms with E-state index < -0.39 is 12.0 Å². The van der Waals surface area contributed by atoms with Gasteiger partial charge in [-0.1, -0.05) is 66.7 Å². The van der Waals surface area contributed by atoms with E-state index >= 15 is 0 Å². The maximum Gasteiger partial charge on any atom is 0.344 e. The SMILES string of the molecule is C=C(C(=O)Oc1cc2c(s1)CCN(C(C(=O)OC)c1ccccc1Cl)C2)c1ccccc1. The number of hydrogen-bond donors (Lipinski definition) is 0. The number of carbonyl (C=O) groups is 2. The molecule has 5 nitrogen and oxygen atoms in total. The van der Waals surface area contributed by atoms with Crippen molar-refractivity contribution in [2.75, 3.05) is 13.7 Å². The minimum atomic E-state index is -0.606. The molecule has 0 fully saturated rings. The molecule has 0 amide bonds. The molecule has 0 spiro atoms. The zero-order valence-corrected chi connectivity index (χ0v) is 19.1. The molecule has 1 aliphatic rings. The lowest BCUT2D eigenvalue weighted by molar-refractivity contribution is -0.147. The topological polar surface area (TPSA) is 55.8 Å². The van der Waals surface area contributed by atoms with E-state index in [0.717, 1.165) is 22.4 Å². The highest BCUT2D eigenvalue weighted by molar-refractivity contribution is 7.14. The number of hydrogen-bond acceptors (Lipinski definition) is 6. The summed E-state index contributed by atoms with van der Waals surface area (Å²) in [4.78, 5) is 28.4. The molecule has 0 radical (unpaired) electrons. The van der Waals surface area contributed by atoms with Gasteiger partial charge in [-0.05, 0) is 35.2 Å². The standard InChI is InChI=1S/C25H22ClNO4S/c1-16(17-8-4-3-5-9-17)24(28)31-22-14-18-15-27(13-12-21(18)32-22)23(25(29)30-2)19-10-6-7-11-20(19)26/h3-11,14,23H,1,12-13,15H2,2H3. The van der Waals surface area contributed by atoms with Crippen LogP contribution in [0.2, 0.25) is 5.02 Å². The fraction of sp³-hybridized carbons (Fsp3) is 0.200. The van der Waals surface area contributed by atoms with E-state index in [2.05, 4.69) is 6.58 Å². The van der Waals surface area contributed by atoms with Crippen LogP contribution in [0.25, 0.3) is 5.57 Å². The fourth-order valence-corrected chi connectivity index (χ4v) is 5.04. The summed E-state index contributed by atoms with van der Waals surface area (Å²) in [5, 5.41) is 1.04. The second-order valence-corrected chi connectivity index (χ2v) is 8.92. The van der Waals surface area contributed by atoms with Gasteiger partial charge in [-0.2, -0.15) is 0 Å². The number of fused-ring (bicyclic) bond motifs is 1. The van der Waals surface area contributed by atoms with Crippen molar-refractivity contribution >= 4 is 40.4 Å². The van der Waals surface area contributed by atoms with E-state index in [-0.39, 0.29) is 5.97 Å². The van der Waals surface area contributed by atoms with Crippen molar-refractivity contribution in [1.29, 1.82) is 0 Å². The predicted octanol–water partition coefficient (Wildman–Crippen LogP) is 5.29. The molecule has 1 aromatic heterocycles. The molecule has 0 saturated heterocycles. The Morgan fingerprint density at radius 1 is 1.12 bits per heavy atom. The van der Waals surface area contributed by atoms with Crippen LogP contribution in [0.4, 0.5) is 0 Å². The summed E-state index contributed by atoms with van der Waals surface area (Å²) in [5.41, 5.74) is 2.77. The van der Waals surface area contributed by atoms with Gasteiger partial charge in [0.15, 0.2) is 5.06 Å². The van der Waals surface area contributed by atoms with E-state index in [4.69, 9.17) is 21.1 Å². The summed E-state index contributed by atoms with van der Waals surface area (Å²) in [6, 6.07) is 17.8. The Balaban J connectivity index is 1.52. The Bertz CT molecular complexity index is 1160. The molecule has 2 aromatic carbocycles. The number of carbonyl (C=O) groups excluding carboxylic acids is 2. The maximum absolute atomic E-state index is 12.6. The average molecular weight is 468 g/mol. The number of nitrogens with zero attached hydrogens (tertiary/aromatic N) is 1. The van der Waals surface area contributed by atoms with Crippen LogP contribution in [0.15, 0.2) is 67.2 Å². The van der Waals surface area contributed by atoms with Crippen molar-refractivity contribution in [3.8, 4) is 5.06 Å². The Labute approximate surface area is 195 Å². The van der Waals surface area contributed by atoms with Crippen LogP contribution in [-0.4, -0.2) is 30.5 Å². The van der Waals surface area contributed by atoms with Crippen molar-refractivity contribution < 1.29 is 19.1 Å². The van der Waals surface area contributed by atoms with Crippen LogP contribution >= 0.6 is 22.9 Å². The first-order valence-corrected chi connectivity index (χ1v) is 11.3. The van der Waals surface area contributed by atoms with Gasteiger partial charge in [-0.15, -0.1) is 11.3 Å². The molecule has 0 saturated carbocycles. The minimum Gasteiger partial charge on any atom is -0.468 e. The Kier molecular flexibility index (Phi) is 6.74. The van der Waals surface area contributed by atoms with Crippen molar-refractivity contribution in [2.45, 2.75) is 19.0 Å². The van der Waals surface area contributed by atoms with Gasteiger partial charge in [0, 0.05) is 23.0 Å². The van der Waals surface area contributed by atoms with E-state index in [1.807, 2.05) is 59.5 Å². The molecule has 1 unspecified atom stereocenters. The first-order chi connectivity index (χ1) is 15.5. The van der Waals surface area contributed by atoms with Gasteiger partial charge in [0.1, 0.15) is 6.04 Å². The summed E-state index contributed by atoms with van der Waals surface area (Å²) in [7, 11) is 1.38. The van der Waals surface area contributed by atoms with Gasteiger partial charge in [-0.25, -0.2) is 9.59 Å². The van der Waals surface area contributed by atoms with Crippen LogP contribution in [0.3, 0.4) is 0 Å². The lowest BCUT2D eigenvalue weighted by Crippen LogP contribution is -2.38. The number of esters is 2. The molecule has 1 atom stereocenters. The smallest absolute Gasteiger partial charge is 0.344 e. The number of thiophene rings is 1. The molecule has 7 heteroatoms. The largest absolute Gasteiger partial charge is 0.468 e. The third kappa shape index (κ3) is 4.63. The van der Waals surface area contributed by atoms with Crippen molar-refractivity contribution in [1.82, 2.24) is 4.90 Å². The number of ether oxygens (including phenoxy) is 2. The Hall–Kier alpha value is -2.93. The molecule has 4 rings (SSSR count). The van der Waals surface area contributed by atoms with Gasteiger partial charge >= 0.3 is 11.9 Å². The van der Waals surface area contributed by atoms with Gasteiger partial charge in [0.25, 0.3) is 0 Å². The van der Waals surface area contributed by atoms with Crippen LogP contribution in [0, 0.1) is 0 Å². The van der Waals surface area contributed by atoms with Crippen LogP contribution in [0.1, 0.15) is 27.6 Å².